The lowest BCUT2D eigenvalue weighted by Crippen LogP contribution is -2.32. The Kier molecular flexibility index (Phi) is 7.53. The van der Waals surface area contributed by atoms with Crippen molar-refractivity contribution >= 4 is 40.2 Å². The van der Waals surface area contributed by atoms with Crippen molar-refractivity contribution in [2.45, 2.75) is 31.7 Å². The number of anilines is 1. The van der Waals surface area contributed by atoms with E-state index in [-0.39, 0.29) is 12.3 Å². The van der Waals surface area contributed by atoms with Gasteiger partial charge in [-0.1, -0.05) is 34.7 Å². The van der Waals surface area contributed by atoms with E-state index in [9.17, 15) is 9.59 Å². The fourth-order valence-corrected chi connectivity index (χ4v) is 2.26. The highest BCUT2D eigenvalue weighted by atomic mass is 127. The number of carboxylic acids is 1. The van der Waals surface area contributed by atoms with Crippen molar-refractivity contribution < 1.29 is 14.7 Å². The van der Waals surface area contributed by atoms with E-state index >= 15 is 0 Å². The Labute approximate surface area is 132 Å². The number of halogens is 1. The van der Waals surface area contributed by atoms with Crippen LogP contribution in [0.3, 0.4) is 0 Å². The second-order valence-electron chi connectivity index (χ2n) is 4.54. The number of amides is 1. The number of nitrogens with one attached hydrogen (secondary N) is 1. The molecule has 110 valence electrons. The van der Waals surface area contributed by atoms with Crippen LogP contribution in [0.2, 0.25) is 0 Å². The summed E-state index contributed by atoms with van der Waals surface area (Å²) in [4.78, 5) is 22.4. The molecule has 0 aliphatic carbocycles. The summed E-state index contributed by atoms with van der Waals surface area (Å²) in [5, 5.41) is 11.6. The van der Waals surface area contributed by atoms with Gasteiger partial charge in [0.05, 0.1) is 0 Å². The lowest BCUT2D eigenvalue weighted by molar-refractivity contribution is -0.138. The molecular formula is C14H19IN2O3. The van der Waals surface area contributed by atoms with Crippen LogP contribution in [0.25, 0.3) is 0 Å². The molecule has 0 spiro atoms. The van der Waals surface area contributed by atoms with Gasteiger partial charge in [-0.15, -0.1) is 0 Å². The van der Waals surface area contributed by atoms with Crippen LogP contribution in [0.4, 0.5) is 5.69 Å². The highest BCUT2D eigenvalue weighted by Gasteiger charge is 2.12. The fourth-order valence-electron chi connectivity index (χ4n) is 1.72. The second-order valence-corrected chi connectivity index (χ2v) is 5.62. The predicted octanol–water partition coefficient (Wildman–Crippen LogP) is 2.18. The summed E-state index contributed by atoms with van der Waals surface area (Å²) < 4.78 is 1.05. The molecule has 0 aliphatic heterocycles. The summed E-state index contributed by atoms with van der Waals surface area (Å²) >= 11 is 2.29. The van der Waals surface area contributed by atoms with E-state index in [4.69, 9.17) is 10.8 Å². The molecule has 0 heterocycles. The van der Waals surface area contributed by atoms with Gasteiger partial charge in [-0.05, 0) is 41.4 Å². The van der Waals surface area contributed by atoms with Crippen molar-refractivity contribution in [2.24, 2.45) is 5.73 Å². The molecule has 0 fully saturated rings. The van der Waals surface area contributed by atoms with E-state index in [1.54, 1.807) is 24.3 Å². The monoisotopic (exact) mass is 390 g/mol. The van der Waals surface area contributed by atoms with Gasteiger partial charge in [0.15, 0.2) is 0 Å². The third-order valence-corrected chi connectivity index (χ3v) is 3.53. The summed E-state index contributed by atoms with van der Waals surface area (Å²) in [7, 11) is 0. The zero-order valence-corrected chi connectivity index (χ0v) is 13.3. The molecule has 6 heteroatoms. The van der Waals surface area contributed by atoms with Crippen LogP contribution in [0.5, 0.6) is 0 Å². The molecule has 20 heavy (non-hydrogen) atoms. The maximum atomic E-state index is 11.7. The number of carbonyl (C=O) groups is 2. The van der Waals surface area contributed by atoms with Crippen LogP contribution in [-0.2, 0) is 16.0 Å². The summed E-state index contributed by atoms with van der Waals surface area (Å²) in [6.07, 6.45) is 2.65. The van der Waals surface area contributed by atoms with E-state index < -0.39 is 12.0 Å². The smallest absolute Gasteiger partial charge is 0.320 e. The number of carbonyl (C=O) groups excluding carboxylic acids is 1. The number of hydrogen-bond acceptors (Lipinski definition) is 3. The fraction of sp³-hybridized carbons (Fsp3) is 0.429. The number of carboxylic acid groups (broad SMARTS) is 1. The number of nitrogens with two attached hydrogens (primary N) is 1. The minimum absolute atomic E-state index is 0.0190. The van der Waals surface area contributed by atoms with Gasteiger partial charge < -0.3 is 16.2 Å². The molecule has 0 radical (unpaired) electrons. The normalized spacial score (nSPS) is 11.9. The van der Waals surface area contributed by atoms with Crippen molar-refractivity contribution in [3.63, 3.8) is 0 Å². The largest absolute Gasteiger partial charge is 0.480 e. The number of aliphatic carboxylic acids is 1. The lowest BCUT2D eigenvalue weighted by Gasteiger charge is -2.09. The molecule has 1 amide bonds. The van der Waals surface area contributed by atoms with Gasteiger partial charge in [0.25, 0.3) is 0 Å². The molecule has 0 saturated heterocycles. The third-order valence-electron chi connectivity index (χ3n) is 2.77. The first kappa shape index (κ1) is 16.9. The molecule has 1 atom stereocenters. The van der Waals surface area contributed by atoms with E-state index in [0.717, 1.165) is 22.8 Å². The Morgan fingerprint density at radius 2 is 2.10 bits per heavy atom. The highest BCUT2D eigenvalue weighted by Crippen LogP contribution is 2.13. The molecule has 1 aromatic carbocycles. The molecular weight excluding hydrogens is 371 g/mol. The van der Waals surface area contributed by atoms with Gasteiger partial charge >= 0.3 is 5.97 Å². The van der Waals surface area contributed by atoms with Crippen LogP contribution >= 0.6 is 22.6 Å². The molecule has 5 nitrogen and oxygen atoms in total. The first-order valence-electron chi connectivity index (χ1n) is 6.46. The Hall–Kier alpha value is -1.15. The SMILES string of the molecule is NC(Cc1cccc(NC(=O)CCCCI)c1)C(=O)O. The number of rotatable bonds is 8. The van der Waals surface area contributed by atoms with Crippen molar-refractivity contribution in [3.05, 3.63) is 29.8 Å². The van der Waals surface area contributed by atoms with Crippen LogP contribution in [0.15, 0.2) is 24.3 Å². The predicted molar refractivity (Wildman–Crippen MR) is 87.1 cm³/mol. The van der Waals surface area contributed by atoms with Crippen LogP contribution < -0.4 is 11.1 Å². The maximum Gasteiger partial charge on any atom is 0.320 e. The van der Waals surface area contributed by atoms with Crippen molar-refractivity contribution in [1.29, 1.82) is 0 Å². The molecule has 1 unspecified atom stereocenters. The van der Waals surface area contributed by atoms with Crippen LogP contribution in [-0.4, -0.2) is 27.5 Å². The molecule has 1 rings (SSSR count). The van der Waals surface area contributed by atoms with E-state index in [1.807, 2.05) is 0 Å². The third kappa shape index (κ3) is 6.33. The van der Waals surface area contributed by atoms with Gasteiger partial charge in [-0.25, -0.2) is 0 Å². The minimum Gasteiger partial charge on any atom is -0.480 e. The Morgan fingerprint density at radius 3 is 2.75 bits per heavy atom. The van der Waals surface area contributed by atoms with E-state index in [0.29, 0.717) is 12.1 Å². The standard InChI is InChI=1S/C14H19IN2O3/c15-7-2-1-6-13(18)17-11-5-3-4-10(8-11)9-12(16)14(19)20/h3-5,8,12H,1-2,6-7,9,16H2,(H,17,18)(H,19,20). The summed E-state index contributed by atoms with van der Waals surface area (Å²) in [6, 6.07) is 6.20. The number of alkyl halides is 1. The number of hydrogen-bond donors (Lipinski definition) is 3. The van der Waals surface area contributed by atoms with Gasteiger partial charge in [0, 0.05) is 12.1 Å². The van der Waals surface area contributed by atoms with Gasteiger partial charge in [0.1, 0.15) is 6.04 Å². The maximum absolute atomic E-state index is 11.7. The molecule has 0 bridgehead atoms. The topological polar surface area (TPSA) is 92.4 Å². The Balaban J connectivity index is 2.55. The first-order chi connectivity index (χ1) is 9.52. The van der Waals surface area contributed by atoms with Crippen LogP contribution in [0, 0.1) is 0 Å². The zero-order valence-electron chi connectivity index (χ0n) is 11.1. The Morgan fingerprint density at radius 1 is 1.35 bits per heavy atom. The average molecular weight is 390 g/mol. The average Bonchev–Trinajstić information content (AvgIpc) is 2.39. The summed E-state index contributed by atoms with van der Waals surface area (Å²) in [5.74, 6) is -1.05. The molecule has 1 aromatic rings. The van der Waals surface area contributed by atoms with Gasteiger partial charge in [0.2, 0.25) is 5.91 Å². The van der Waals surface area contributed by atoms with E-state index in [2.05, 4.69) is 27.9 Å². The molecule has 4 N–H and O–H groups in total. The molecule has 0 saturated carbocycles. The zero-order chi connectivity index (χ0) is 15.0. The van der Waals surface area contributed by atoms with Gasteiger partial charge in [-0.2, -0.15) is 0 Å². The van der Waals surface area contributed by atoms with Crippen molar-refractivity contribution in [2.75, 3.05) is 9.74 Å². The number of unbranched alkanes of at least 4 members (excludes halogenated alkanes) is 1. The number of benzene rings is 1. The Bertz CT molecular complexity index is 465. The summed E-state index contributed by atoms with van der Waals surface area (Å²) in [6.45, 7) is 0. The van der Waals surface area contributed by atoms with E-state index in [1.165, 1.54) is 0 Å². The van der Waals surface area contributed by atoms with Crippen molar-refractivity contribution in [3.8, 4) is 0 Å². The summed E-state index contributed by atoms with van der Waals surface area (Å²) in [5.41, 5.74) is 6.97. The first-order valence-corrected chi connectivity index (χ1v) is 7.98. The molecule has 0 aliphatic rings. The molecule has 0 aromatic heterocycles. The minimum atomic E-state index is -1.03. The van der Waals surface area contributed by atoms with Crippen LogP contribution in [0.1, 0.15) is 24.8 Å². The second kappa shape index (κ2) is 8.91. The quantitative estimate of drug-likeness (QED) is 0.361. The van der Waals surface area contributed by atoms with Crippen molar-refractivity contribution in [1.82, 2.24) is 0 Å². The lowest BCUT2D eigenvalue weighted by atomic mass is 10.1. The van der Waals surface area contributed by atoms with Gasteiger partial charge in [-0.3, -0.25) is 9.59 Å². The highest BCUT2D eigenvalue weighted by molar-refractivity contribution is 14.1.